The number of aliphatic hydroxyl groups is 1. The van der Waals surface area contributed by atoms with Gasteiger partial charge in [-0.1, -0.05) is 30.3 Å². The van der Waals surface area contributed by atoms with E-state index < -0.39 is 5.60 Å². The van der Waals surface area contributed by atoms with Gasteiger partial charge in [0.2, 0.25) is 0 Å². The number of allylic oxidation sites excluding steroid dienone is 2. The number of carbonyl (C=O) groups excluding carboxylic acids is 1. The molecule has 0 amide bonds. The van der Waals surface area contributed by atoms with E-state index in [1.54, 1.807) is 45.1 Å². The molecule has 7 nitrogen and oxygen atoms in total. The summed E-state index contributed by atoms with van der Waals surface area (Å²) in [5.41, 5.74) is 0.779. The van der Waals surface area contributed by atoms with Crippen molar-refractivity contribution in [1.82, 2.24) is 0 Å². The summed E-state index contributed by atoms with van der Waals surface area (Å²) in [7, 11) is 3.31. The summed E-state index contributed by atoms with van der Waals surface area (Å²) in [4.78, 5) is 10.9. The molecule has 2 aromatic rings. The van der Waals surface area contributed by atoms with Gasteiger partial charge in [0, 0.05) is 19.2 Å². The molecule has 0 bridgehead atoms. The van der Waals surface area contributed by atoms with Gasteiger partial charge in [-0.2, -0.15) is 5.10 Å². The first-order valence-electron chi connectivity index (χ1n) is 9.45. The lowest BCUT2D eigenvalue weighted by Crippen LogP contribution is -2.28. The van der Waals surface area contributed by atoms with Crippen LogP contribution in [0.3, 0.4) is 0 Å². The SMILES string of the molecule is COc1cc(N(C)/N=C\C(=C/C=O)OCc2ccccc2)ccc1OCC(C)(C)O. The number of anilines is 1. The maximum absolute atomic E-state index is 10.9. The van der Waals surface area contributed by atoms with Gasteiger partial charge in [0.15, 0.2) is 11.5 Å². The number of hydrazone groups is 1. The fraction of sp³-hybridized carbons (Fsp3) is 0.304. The Morgan fingerprint density at radius 2 is 1.90 bits per heavy atom. The normalized spacial score (nSPS) is 12.0. The van der Waals surface area contributed by atoms with Crippen molar-refractivity contribution in [3.63, 3.8) is 0 Å². The molecule has 0 aromatic heterocycles. The Bertz CT molecular complexity index is 873. The molecule has 0 atom stereocenters. The smallest absolute Gasteiger partial charge is 0.162 e. The number of carbonyl (C=O) groups is 1. The van der Waals surface area contributed by atoms with Crippen molar-refractivity contribution in [3.05, 3.63) is 65.9 Å². The van der Waals surface area contributed by atoms with E-state index in [4.69, 9.17) is 14.2 Å². The number of hydrogen-bond donors (Lipinski definition) is 1. The van der Waals surface area contributed by atoms with Gasteiger partial charge in [0.25, 0.3) is 0 Å². The lowest BCUT2D eigenvalue weighted by atomic mass is 10.2. The molecule has 0 radical (unpaired) electrons. The molecule has 0 saturated carbocycles. The van der Waals surface area contributed by atoms with E-state index in [9.17, 15) is 9.90 Å². The highest BCUT2D eigenvalue weighted by molar-refractivity contribution is 5.83. The first-order valence-corrected chi connectivity index (χ1v) is 9.45. The average molecular weight is 412 g/mol. The Morgan fingerprint density at radius 1 is 1.17 bits per heavy atom. The molecular formula is C23H28N2O5. The summed E-state index contributed by atoms with van der Waals surface area (Å²) in [5, 5.41) is 15.8. The van der Waals surface area contributed by atoms with Crippen LogP contribution >= 0.6 is 0 Å². The summed E-state index contributed by atoms with van der Waals surface area (Å²) in [5.74, 6) is 1.38. The van der Waals surface area contributed by atoms with E-state index in [-0.39, 0.29) is 6.61 Å². The first-order chi connectivity index (χ1) is 14.3. The number of nitrogens with zero attached hydrogens (tertiary/aromatic N) is 2. The van der Waals surface area contributed by atoms with Crippen LogP contribution in [-0.4, -0.2) is 44.0 Å². The summed E-state index contributed by atoms with van der Waals surface area (Å²) >= 11 is 0. The molecule has 0 aliphatic heterocycles. The second-order valence-electron chi connectivity index (χ2n) is 7.18. The lowest BCUT2D eigenvalue weighted by Gasteiger charge is -2.20. The molecule has 0 fully saturated rings. The highest BCUT2D eigenvalue weighted by atomic mass is 16.5. The standard InChI is InChI=1S/C23H28N2O5/c1-23(2,27)17-30-21-11-10-19(14-22(21)28-4)25(3)24-15-20(12-13-26)29-16-18-8-6-5-7-9-18/h5-15,27H,16-17H2,1-4H3/b20-12+,24-15-. The van der Waals surface area contributed by atoms with Crippen molar-refractivity contribution < 1.29 is 24.1 Å². The van der Waals surface area contributed by atoms with E-state index in [2.05, 4.69) is 5.10 Å². The van der Waals surface area contributed by atoms with Gasteiger partial charge in [0.05, 0.1) is 24.6 Å². The van der Waals surface area contributed by atoms with Crippen LogP contribution in [0.5, 0.6) is 11.5 Å². The van der Waals surface area contributed by atoms with Gasteiger partial charge in [-0.25, -0.2) is 0 Å². The molecule has 1 N–H and O–H groups in total. The summed E-state index contributed by atoms with van der Waals surface area (Å²) in [6.45, 7) is 3.80. The zero-order valence-corrected chi connectivity index (χ0v) is 17.7. The molecule has 0 spiro atoms. The topological polar surface area (TPSA) is 80.6 Å². The molecule has 0 saturated heterocycles. The van der Waals surface area contributed by atoms with E-state index in [1.807, 2.05) is 36.4 Å². The second kappa shape index (κ2) is 11.0. The third-order valence-corrected chi connectivity index (χ3v) is 3.94. The number of hydrogen-bond acceptors (Lipinski definition) is 7. The molecule has 0 unspecified atom stereocenters. The number of rotatable bonds is 11. The van der Waals surface area contributed by atoms with Crippen molar-refractivity contribution in [2.75, 3.05) is 25.8 Å². The van der Waals surface area contributed by atoms with Crippen molar-refractivity contribution >= 4 is 18.2 Å². The van der Waals surface area contributed by atoms with Crippen LogP contribution in [0.2, 0.25) is 0 Å². The first kappa shape index (κ1) is 23.0. The van der Waals surface area contributed by atoms with Gasteiger partial charge in [0.1, 0.15) is 25.3 Å². The predicted octanol–water partition coefficient (Wildman–Crippen LogP) is 3.57. The number of benzene rings is 2. The Kier molecular flexibility index (Phi) is 8.43. The van der Waals surface area contributed by atoms with Gasteiger partial charge >= 0.3 is 0 Å². The second-order valence-corrected chi connectivity index (χ2v) is 7.18. The molecule has 2 rings (SSSR count). The fourth-order valence-electron chi connectivity index (χ4n) is 2.38. The van der Waals surface area contributed by atoms with Gasteiger partial charge in [-0.05, 0) is 31.5 Å². The van der Waals surface area contributed by atoms with Crippen LogP contribution in [0, 0.1) is 0 Å². The Labute approximate surface area is 177 Å². The largest absolute Gasteiger partial charge is 0.493 e. The minimum atomic E-state index is -0.953. The molecule has 30 heavy (non-hydrogen) atoms. The minimum Gasteiger partial charge on any atom is -0.493 e. The maximum Gasteiger partial charge on any atom is 0.162 e. The molecule has 0 aliphatic rings. The maximum atomic E-state index is 10.9. The van der Waals surface area contributed by atoms with Crippen LogP contribution < -0.4 is 14.5 Å². The Hall–Kier alpha value is -3.32. The van der Waals surface area contributed by atoms with Crippen LogP contribution in [0.1, 0.15) is 19.4 Å². The van der Waals surface area contributed by atoms with Crippen LogP contribution in [0.4, 0.5) is 5.69 Å². The average Bonchev–Trinajstić information content (AvgIpc) is 2.74. The Morgan fingerprint density at radius 3 is 2.53 bits per heavy atom. The van der Waals surface area contributed by atoms with Crippen molar-refractivity contribution in [2.45, 2.75) is 26.1 Å². The highest BCUT2D eigenvalue weighted by Crippen LogP contribution is 2.32. The highest BCUT2D eigenvalue weighted by Gasteiger charge is 2.16. The van der Waals surface area contributed by atoms with Crippen LogP contribution in [-0.2, 0) is 16.1 Å². The molecule has 7 heteroatoms. The number of aldehydes is 1. The van der Waals surface area contributed by atoms with Crippen molar-refractivity contribution in [2.24, 2.45) is 5.10 Å². The third-order valence-electron chi connectivity index (χ3n) is 3.94. The quantitative estimate of drug-likeness (QED) is 0.200. The van der Waals surface area contributed by atoms with E-state index in [1.165, 1.54) is 12.3 Å². The molecule has 0 heterocycles. The zero-order chi connectivity index (χ0) is 22.0. The zero-order valence-electron chi connectivity index (χ0n) is 17.7. The summed E-state index contributed by atoms with van der Waals surface area (Å²) < 4.78 is 16.7. The Balaban J connectivity index is 2.06. The minimum absolute atomic E-state index is 0.134. The van der Waals surface area contributed by atoms with Gasteiger partial charge in [-0.3, -0.25) is 9.80 Å². The number of ether oxygens (including phenoxy) is 3. The van der Waals surface area contributed by atoms with E-state index >= 15 is 0 Å². The van der Waals surface area contributed by atoms with Crippen LogP contribution in [0.15, 0.2) is 65.5 Å². The molecule has 0 aliphatic carbocycles. The predicted molar refractivity (Wildman–Crippen MR) is 117 cm³/mol. The van der Waals surface area contributed by atoms with Crippen LogP contribution in [0.25, 0.3) is 0 Å². The van der Waals surface area contributed by atoms with E-state index in [0.29, 0.717) is 30.2 Å². The summed E-state index contributed by atoms with van der Waals surface area (Å²) in [6, 6.07) is 15.0. The molecular weight excluding hydrogens is 384 g/mol. The monoisotopic (exact) mass is 412 g/mol. The number of methoxy groups -OCH3 is 1. The summed E-state index contributed by atoms with van der Waals surface area (Å²) in [6.07, 6.45) is 3.45. The molecule has 2 aromatic carbocycles. The van der Waals surface area contributed by atoms with Gasteiger partial charge in [-0.15, -0.1) is 0 Å². The van der Waals surface area contributed by atoms with E-state index in [0.717, 1.165) is 11.3 Å². The van der Waals surface area contributed by atoms with Crippen molar-refractivity contribution in [3.8, 4) is 11.5 Å². The third kappa shape index (κ3) is 7.60. The lowest BCUT2D eigenvalue weighted by molar-refractivity contribution is -0.104. The molecule has 160 valence electrons. The fourth-order valence-corrected chi connectivity index (χ4v) is 2.38. The van der Waals surface area contributed by atoms with Crippen molar-refractivity contribution in [1.29, 1.82) is 0 Å². The van der Waals surface area contributed by atoms with Gasteiger partial charge < -0.3 is 19.3 Å².